The molecule has 3 heteroatoms. The summed E-state index contributed by atoms with van der Waals surface area (Å²) in [5, 5.41) is 6.25. The molecule has 2 rings (SSSR count). The zero-order valence-corrected chi connectivity index (χ0v) is 10.1. The highest BCUT2D eigenvalue weighted by Crippen LogP contribution is 2.17. The minimum atomic E-state index is 0.320. The van der Waals surface area contributed by atoms with E-state index >= 15 is 0 Å². The van der Waals surface area contributed by atoms with E-state index < -0.39 is 0 Å². The molecule has 0 radical (unpaired) electrons. The summed E-state index contributed by atoms with van der Waals surface area (Å²) in [6, 6.07) is 8.37. The molecule has 88 valence electrons. The second kappa shape index (κ2) is 5.46. The molecule has 0 amide bonds. The molecule has 1 aromatic rings. The van der Waals surface area contributed by atoms with Crippen LogP contribution in [0, 0.1) is 0 Å². The van der Waals surface area contributed by atoms with E-state index in [-0.39, 0.29) is 0 Å². The van der Waals surface area contributed by atoms with E-state index in [1.165, 1.54) is 0 Å². The van der Waals surface area contributed by atoms with E-state index in [9.17, 15) is 0 Å². The number of anilines is 1. The van der Waals surface area contributed by atoms with Crippen LogP contribution in [-0.4, -0.2) is 25.8 Å². The minimum Gasteiger partial charge on any atom is -0.388 e. The van der Waals surface area contributed by atoms with Gasteiger partial charge in [-0.15, -0.1) is 0 Å². The summed E-state index contributed by atoms with van der Waals surface area (Å²) in [4.78, 5) is 4.55. The summed E-state index contributed by atoms with van der Waals surface area (Å²) < 4.78 is 0. The zero-order valence-electron chi connectivity index (χ0n) is 10.1. The Morgan fingerprint density at radius 2 is 1.65 bits per heavy atom. The van der Waals surface area contributed by atoms with Gasteiger partial charge in [-0.2, -0.15) is 0 Å². The number of nitrogens with one attached hydrogen (secondary N) is 2. The van der Waals surface area contributed by atoms with Crippen LogP contribution in [0.4, 0.5) is 11.4 Å². The smallest absolute Gasteiger partial charge is 0.0638 e. The van der Waals surface area contributed by atoms with Crippen molar-refractivity contribution in [3.05, 3.63) is 48.6 Å². The monoisotopic (exact) mass is 227 g/mol. The highest BCUT2D eigenvalue weighted by Gasteiger charge is 2.02. The molecule has 0 saturated carbocycles. The van der Waals surface area contributed by atoms with Crippen molar-refractivity contribution in [2.75, 3.05) is 19.4 Å². The molecule has 1 aliphatic carbocycles. The van der Waals surface area contributed by atoms with Crippen molar-refractivity contribution in [2.45, 2.75) is 6.04 Å². The Morgan fingerprint density at radius 1 is 1.00 bits per heavy atom. The fourth-order valence-corrected chi connectivity index (χ4v) is 1.64. The first-order valence-corrected chi connectivity index (χ1v) is 5.72. The van der Waals surface area contributed by atoms with Crippen LogP contribution < -0.4 is 10.6 Å². The molecular formula is C14H17N3. The third-order valence-corrected chi connectivity index (χ3v) is 2.70. The third-order valence-electron chi connectivity index (χ3n) is 2.70. The van der Waals surface area contributed by atoms with Crippen LogP contribution in [-0.2, 0) is 0 Å². The van der Waals surface area contributed by atoms with Crippen molar-refractivity contribution in [1.29, 1.82) is 0 Å². The first-order chi connectivity index (χ1) is 8.31. The van der Waals surface area contributed by atoms with E-state index in [4.69, 9.17) is 0 Å². The molecule has 0 bridgehead atoms. The summed E-state index contributed by atoms with van der Waals surface area (Å²) in [7, 11) is 3.85. The maximum atomic E-state index is 4.55. The predicted octanol–water partition coefficient (Wildman–Crippen LogP) is 2.51. The Bertz CT molecular complexity index is 439. The number of likely N-dealkylation sites (N-methyl/N-ethyl adjacent to an activating group) is 1. The highest BCUT2D eigenvalue weighted by molar-refractivity contribution is 6.06. The lowest BCUT2D eigenvalue weighted by Crippen LogP contribution is -2.22. The highest BCUT2D eigenvalue weighted by atomic mass is 14.9. The quantitative estimate of drug-likeness (QED) is 0.832. The van der Waals surface area contributed by atoms with Crippen molar-refractivity contribution < 1.29 is 0 Å². The van der Waals surface area contributed by atoms with Crippen molar-refractivity contribution in [3.8, 4) is 0 Å². The van der Waals surface area contributed by atoms with Crippen molar-refractivity contribution in [1.82, 2.24) is 5.32 Å². The lowest BCUT2D eigenvalue weighted by atomic mass is 10.1. The first kappa shape index (κ1) is 11.6. The number of hydrogen-bond acceptors (Lipinski definition) is 3. The number of benzene rings is 1. The van der Waals surface area contributed by atoms with Crippen molar-refractivity contribution in [2.24, 2.45) is 4.99 Å². The van der Waals surface area contributed by atoms with Gasteiger partial charge >= 0.3 is 0 Å². The summed E-state index contributed by atoms with van der Waals surface area (Å²) >= 11 is 0. The summed E-state index contributed by atoms with van der Waals surface area (Å²) in [6.45, 7) is 0. The summed E-state index contributed by atoms with van der Waals surface area (Å²) in [5.41, 5.74) is 3.05. The molecule has 1 aliphatic rings. The Hall–Kier alpha value is -1.87. The molecular weight excluding hydrogens is 210 g/mol. The Labute approximate surface area is 102 Å². The van der Waals surface area contributed by atoms with Crippen LogP contribution >= 0.6 is 0 Å². The zero-order chi connectivity index (χ0) is 12.1. The number of nitrogens with zero attached hydrogens (tertiary/aromatic N) is 1. The van der Waals surface area contributed by atoms with Gasteiger partial charge in [-0.1, -0.05) is 12.2 Å². The van der Waals surface area contributed by atoms with Gasteiger partial charge in [-0.25, -0.2) is 4.99 Å². The fraction of sp³-hybridized carbons (Fsp3) is 0.214. The molecule has 1 aromatic carbocycles. The average molecular weight is 227 g/mol. The predicted molar refractivity (Wildman–Crippen MR) is 74.2 cm³/mol. The Balaban J connectivity index is 2.12. The van der Waals surface area contributed by atoms with Gasteiger partial charge in [0.2, 0.25) is 0 Å². The van der Waals surface area contributed by atoms with Gasteiger partial charge in [0.1, 0.15) is 0 Å². The molecule has 0 fully saturated rings. The molecule has 0 unspecified atom stereocenters. The van der Waals surface area contributed by atoms with Gasteiger partial charge in [-0.3, -0.25) is 0 Å². The maximum Gasteiger partial charge on any atom is 0.0638 e. The fourth-order valence-electron chi connectivity index (χ4n) is 1.64. The SMILES string of the molecule is CNc1ccc(N=C2C=CC(NC)C=C2)cc1. The molecule has 2 N–H and O–H groups in total. The summed E-state index contributed by atoms with van der Waals surface area (Å²) in [6.07, 6.45) is 8.27. The van der Waals surface area contributed by atoms with E-state index in [1.807, 2.05) is 50.5 Å². The van der Waals surface area contributed by atoms with Gasteiger partial charge in [0.15, 0.2) is 0 Å². The number of rotatable bonds is 3. The van der Waals surface area contributed by atoms with Crippen LogP contribution in [0.15, 0.2) is 53.6 Å². The minimum absolute atomic E-state index is 0.320. The van der Waals surface area contributed by atoms with Crippen molar-refractivity contribution >= 4 is 17.1 Å². The normalized spacial score (nSPS) is 18.2. The average Bonchev–Trinajstić information content (AvgIpc) is 2.40. The van der Waals surface area contributed by atoms with Crippen LogP contribution in [0.5, 0.6) is 0 Å². The number of aliphatic imine (C=N–C) groups is 1. The van der Waals surface area contributed by atoms with Gasteiger partial charge in [0.25, 0.3) is 0 Å². The standard InChI is InChI=1S/C14H17N3/c1-15-11-3-7-13(8-4-11)17-14-9-5-12(16-2)6-10-14/h3-11,15-16H,1-2H3. The van der Waals surface area contributed by atoms with Gasteiger partial charge in [0.05, 0.1) is 11.4 Å². The summed E-state index contributed by atoms with van der Waals surface area (Å²) in [5.74, 6) is 0. The topological polar surface area (TPSA) is 36.4 Å². The molecule has 0 saturated heterocycles. The van der Waals surface area contributed by atoms with E-state index in [1.54, 1.807) is 0 Å². The molecule has 3 nitrogen and oxygen atoms in total. The molecule has 17 heavy (non-hydrogen) atoms. The van der Waals surface area contributed by atoms with Gasteiger partial charge in [-0.05, 0) is 43.5 Å². The van der Waals surface area contributed by atoms with Crippen LogP contribution in [0.25, 0.3) is 0 Å². The molecule has 0 spiro atoms. The molecule has 0 atom stereocenters. The number of allylic oxidation sites excluding steroid dienone is 2. The number of hydrogen-bond donors (Lipinski definition) is 2. The largest absolute Gasteiger partial charge is 0.388 e. The maximum absolute atomic E-state index is 4.55. The van der Waals surface area contributed by atoms with E-state index in [0.717, 1.165) is 17.1 Å². The molecule has 0 heterocycles. The van der Waals surface area contributed by atoms with Gasteiger partial charge < -0.3 is 10.6 Å². The van der Waals surface area contributed by atoms with Crippen molar-refractivity contribution in [3.63, 3.8) is 0 Å². The molecule has 0 aromatic heterocycles. The third kappa shape index (κ3) is 3.04. The second-order valence-corrected chi connectivity index (χ2v) is 3.87. The van der Waals surface area contributed by atoms with Gasteiger partial charge in [0, 0.05) is 18.8 Å². The van der Waals surface area contributed by atoms with Crippen LogP contribution in [0.3, 0.4) is 0 Å². The van der Waals surface area contributed by atoms with E-state index in [2.05, 4.69) is 27.8 Å². The Morgan fingerprint density at radius 3 is 2.18 bits per heavy atom. The van der Waals surface area contributed by atoms with E-state index in [0.29, 0.717) is 6.04 Å². The lowest BCUT2D eigenvalue weighted by Gasteiger charge is -2.10. The second-order valence-electron chi connectivity index (χ2n) is 3.87. The Kier molecular flexibility index (Phi) is 3.73. The first-order valence-electron chi connectivity index (χ1n) is 5.72. The van der Waals surface area contributed by atoms with Crippen LogP contribution in [0.2, 0.25) is 0 Å². The lowest BCUT2D eigenvalue weighted by molar-refractivity contribution is 0.789. The molecule has 0 aliphatic heterocycles. The van der Waals surface area contributed by atoms with Crippen LogP contribution in [0.1, 0.15) is 0 Å².